The van der Waals surface area contributed by atoms with Crippen molar-refractivity contribution in [2.24, 2.45) is 17.8 Å². The summed E-state index contributed by atoms with van der Waals surface area (Å²) in [5.74, 6) is 2.39. The number of hydrogen-bond donors (Lipinski definition) is 1. The molecule has 0 heterocycles. The molecule has 2 heteroatoms. The maximum atomic E-state index is 6.80. The molecule has 3 atom stereocenters. The van der Waals surface area contributed by atoms with E-state index in [0.717, 1.165) is 30.8 Å². The van der Waals surface area contributed by atoms with Crippen LogP contribution in [0.2, 0.25) is 0 Å². The Hall–Kier alpha value is -0.0800. The highest BCUT2D eigenvalue weighted by Gasteiger charge is 2.42. The van der Waals surface area contributed by atoms with Crippen LogP contribution in [-0.2, 0) is 4.74 Å². The van der Waals surface area contributed by atoms with E-state index >= 15 is 0 Å². The molecule has 3 unspecified atom stereocenters. The van der Waals surface area contributed by atoms with Crippen molar-refractivity contribution >= 4 is 0 Å². The van der Waals surface area contributed by atoms with Crippen molar-refractivity contribution in [3.63, 3.8) is 0 Å². The second kappa shape index (κ2) is 7.97. The predicted octanol–water partition coefficient (Wildman–Crippen LogP) is 4.78. The third-order valence-electron chi connectivity index (χ3n) is 5.81. The lowest BCUT2D eigenvalue weighted by Crippen LogP contribution is -2.48. The van der Waals surface area contributed by atoms with Crippen LogP contribution in [0.5, 0.6) is 0 Å². The summed E-state index contributed by atoms with van der Waals surface area (Å²) in [6.45, 7) is 11.7. The van der Waals surface area contributed by atoms with E-state index in [4.69, 9.17) is 4.74 Å². The van der Waals surface area contributed by atoms with Gasteiger partial charge < -0.3 is 10.1 Å². The molecular weight excluding hydrogens is 258 g/mol. The smallest absolute Gasteiger partial charge is 0.0698 e. The molecule has 2 fully saturated rings. The van der Waals surface area contributed by atoms with Crippen molar-refractivity contribution < 1.29 is 4.74 Å². The number of rotatable bonds is 8. The van der Waals surface area contributed by atoms with Crippen molar-refractivity contribution in [1.29, 1.82) is 0 Å². The van der Waals surface area contributed by atoms with Gasteiger partial charge in [-0.1, -0.05) is 34.1 Å². The highest BCUT2D eigenvalue weighted by molar-refractivity contribution is 4.93. The highest BCUT2D eigenvalue weighted by Crippen LogP contribution is 2.44. The molecule has 1 N–H and O–H groups in total. The van der Waals surface area contributed by atoms with Gasteiger partial charge in [0.2, 0.25) is 0 Å². The Morgan fingerprint density at radius 2 is 1.95 bits per heavy atom. The lowest BCUT2D eigenvalue weighted by atomic mass is 9.73. The monoisotopic (exact) mass is 295 g/mol. The summed E-state index contributed by atoms with van der Waals surface area (Å²) in [5, 5.41) is 3.56. The number of hydrogen-bond acceptors (Lipinski definition) is 2. The first-order chi connectivity index (χ1) is 10.1. The van der Waals surface area contributed by atoms with Gasteiger partial charge >= 0.3 is 0 Å². The molecule has 0 aromatic rings. The first-order valence-corrected chi connectivity index (χ1v) is 9.45. The molecule has 0 spiro atoms. The summed E-state index contributed by atoms with van der Waals surface area (Å²) < 4.78 is 6.80. The lowest BCUT2D eigenvalue weighted by molar-refractivity contribution is -0.176. The Bertz CT molecular complexity index is 298. The Kier molecular flexibility index (Phi) is 6.55. The molecule has 0 aromatic heterocycles. The molecule has 0 amide bonds. The summed E-state index contributed by atoms with van der Waals surface area (Å²) in [5.41, 5.74) is 0.218. The van der Waals surface area contributed by atoms with E-state index in [1.54, 1.807) is 0 Å². The average Bonchev–Trinajstić information content (AvgIpc) is 2.40. The standard InChI is InChI=1S/C19H37NO/c1-5-12-20-13-11-19(9-6-10-19)21-18-14-16(4)7-8-17(18)15(2)3/h15-18,20H,5-14H2,1-4H3. The van der Waals surface area contributed by atoms with Crippen molar-refractivity contribution in [3.05, 3.63) is 0 Å². The minimum atomic E-state index is 0.218. The fourth-order valence-electron chi connectivity index (χ4n) is 4.19. The van der Waals surface area contributed by atoms with Crippen molar-refractivity contribution in [3.8, 4) is 0 Å². The Morgan fingerprint density at radius 3 is 2.52 bits per heavy atom. The fraction of sp³-hybridized carbons (Fsp3) is 1.00. The van der Waals surface area contributed by atoms with E-state index in [-0.39, 0.29) is 5.60 Å². The van der Waals surface area contributed by atoms with Crippen LogP contribution in [-0.4, -0.2) is 24.8 Å². The first kappa shape index (κ1) is 17.3. The Labute approximate surface area is 132 Å². The molecule has 2 aliphatic rings. The van der Waals surface area contributed by atoms with E-state index in [0.29, 0.717) is 6.10 Å². The van der Waals surface area contributed by atoms with Gasteiger partial charge in [0.25, 0.3) is 0 Å². The zero-order valence-corrected chi connectivity index (χ0v) is 14.8. The molecule has 2 rings (SSSR count). The average molecular weight is 296 g/mol. The topological polar surface area (TPSA) is 21.3 Å². The lowest BCUT2D eigenvalue weighted by Gasteiger charge is -2.48. The second-order valence-corrected chi connectivity index (χ2v) is 8.02. The maximum Gasteiger partial charge on any atom is 0.0698 e. The summed E-state index contributed by atoms with van der Waals surface area (Å²) in [6, 6.07) is 0. The zero-order valence-electron chi connectivity index (χ0n) is 14.8. The van der Waals surface area contributed by atoms with Crippen LogP contribution in [0.15, 0.2) is 0 Å². The van der Waals surface area contributed by atoms with Crippen LogP contribution >= 0.6 is 0 Å². The summed E-state index contributed by atoms with van der Waals surface area (Å²) in [7, 11) is 0. The van der Waals surface area contributed by atoms with Gasteiger partial charge in [-0.05, 0) is 75.8 Å². The summed E-state index contributed by atoms with van der Waals surface area (Å²) in [6.07, 6.45) is 10.9. The third kappa shape index (κ3) is 4.69. The Morgan fingerprint density at radius 1 is 1.19 bits per heavy atom. The van der Waals surface area contributed by atoms with E-state index in [9.17, 15) is 0 Å². The molecule has 0 radical (unpaired) electrons. The van der Waals surface area contributed by atoms with Crippen LogP contribution in [0.1, 0.15) is 79.1 Å². The van der Waals surface area contributed by atoms with Gasteiger partial charge in [-0.2, -0.15) is 0 Å². The van der Waals surface area contributed by atoms with E-state index in [1.807, 2.05) is 0 Å². The van der Waals surface area contributed by atoms with Gasteiger partial charge in [-0.15, -0.1) is 0 Å². The molecule has 0 aliphatic heterocycles. The zero-order chi connectivity index (χ0) is 15.3. The van der Waals surface area contributed by atoms with Gasteiger partial charge in [-0.25, -0.2) is 0 Å². The largest absolute Gasteiger partial charge is 0.371 e. The van der Waals surface area contributed by atoms with Gasteiger partial charge in [-0.3, -0.25) is 0 Å². The molecule has 21 heavy (non-hydrogen) atoms. The number of ether oxygens (including phenoxy) is 1. The van der Waals surface area contributed by atoms with Crippen molar-refractivity contribution in [1.82, 2.24) is 5.32 Å². The van der Waals surface area contributed by atoms with Crippen molar-refractivity contribution in [2.75, 3.05) is 13.1 Å². The minimum Gasteiger partial charge on any atom is -0.371 e. The normalized spacial score (nSPS) is 32.1. The summed E-state index contributed by atoms with van der Waals surface area (Å²) in [4.78, 5) is 0. The second-order valence-electron chi connectivity index (χ2n) is 8.02. The van der Waals surface area contributed by atoms with E-state index < -0.39 is 0 Å². The Balaban J connectivity index is 1.89. The molecule has 0 saturated heterocycles. The molecule has 2 nitrogen and oxygen atoms in total. The van der Waals surface area contributed by atoms with Gasteiger partial charge in [0.1, 0.15) is 0 Å². The molecule has 124 valence electrons. The van der Waals surface area contributed by atoms with Gasteiger partial charge in [0.05, 0.1) is 11.7 Å². The van der Waals surface area contributed by atoms with Gasteiger partial charge in [0.15, 0.2) is 0 Å². The maximum absolute atomic E-state index is 6.80. The summed E-state index contributed by atoms with van der Waals surface area (Å²) >= 11 is 0. The SMILES string of the molecule is CCCNCCC1(OC2CC(C)CCC2C(C)C)CCC1. The third-order valence-corrected chi connectivity index (χ3v) is 5.81. The molecule has 2 aliphatic carbocycles. The van der Waals surface area contributed by atoms with E-state index in [1.165, 1.54) is 51.4 Å². The van der Waals surface area contributed by atoms with Crippen LogP contribution in [0.25, 0.3) is 0 Å². The van der Waals surface area contributed by atoms with Crippen LogP contribution in [0.3, 0.4) is 0 Å². The van der Waals surface area contributed by atoms with Crippen LogP contribution < -0.4 is 5.32 Å². The fourth-order valence-corrected chi connectivity index (χ4v) is 4.19. The number of nitrogens with one attached hydrogen (secondary N) is 1. The van der Waals surface area contributed by atoms with Crippen LogP contribution in [0.4, 0.5) is 0 Å². The highest BCUT2D eigenvalue weighted by atomic mass is 16.5. The minimum absolute atomic E-state index is 0.218. The molecule has 0 bridgehead atoms. The molecule has 2 saturated carbocycles. The molecule has 0 aromatic carbocycles. The quantitative estimate of drug-likeness (QED) is 0.651. The van der Waals surface area contributed by atoms with Crippen molar-refractivity contribution in [2.45, 2.75) is 90.8 Å². The molecular formula is C19H37NO. The van der Waals surface area contributed by atoms with Gasteiger partial charge in [0, 0.05) is 0 Å². The van der Waals surface area contributed by atoms with E-state index in [2.05, 4.69) is 33.0 Å². The predicted molar refractivity (Wildman–Crippen MR) is 90.6 cm³/mol. The van der Waals surface area contributed by atoms with Crippen LogP contribution in [0, 0.1) is 17.8 Å². The first-order valence-electron chi connectivity index (χ1n) is 9.45.